The second kappa shape index (κ2) is 5.82. The number of aryl methyl sites for hydroxylation is 1. The number of nitrogens with one attached hydrogen (secondary N) is 1. The van der Waals surface area contributed by atoms with E-state index in [9.17, 15) is 0 Å². The van der Waals surface area contributed by atoms with Gasteiger partial charge in [-0.05, 0) is 37.6 Å². The Hall–Kier alpha value is -0.910. The van der Waals surface area contributed by atoms with E-state index >= 15 is 0 Å². The topological polar surface area (TPSA) is 50.9 Å². The van der Waals surface area contributed by atoms with E-state index in [0.29, 0.717) is 0 Å². The summed E-state index contributed by atoms with van der Waals surface area (Å²) < 4.78 is 1.09. The van der Waals surface area contributed by atoms with Crippen LogP contribution in [0.25, 0.3) is 0 Å². The van der Waals surface area contributed by atoms with Gasteiger partial charge in [0.1, 0.15) is 0 Å². The number of anilines is 2. The maximum Gasteiger partial charge on any atom is 0.187 e. The van der Waals surface area contributed by atoms with Crippen molar-refractivity contribution in [1.82, 2.24) is 4.98 Å². The Morgan fingerprint density at radius 3 is 2.94 bits per heavy atom. The first kappa shape index (κ1) is 13.5. The fourth-order valence-electron chi connectivity index (χ4n) is 1.67. The van der Waals surface area contributed by atoms with E-state index in [-0.39, 0.29) is 6.04 Å². The molecule has 1 atom stereocenters. The molecule has 3 nitrogen and oxygen atoms in total. The SMILES string of the molecule is Cc1cc(Br)ccc1Nc1nc(CC(C)N)cs1. The van der Waals surface area contributed by atoms with Crippen molar-refractivity contribution in [3.05, 3.63) is 39.3 Å². The van der Waals surface area contributed by atoms with Crippen molar-refractivity contribution in [2.24, 2.45) is 5.73 Å². The molecule has 2 aromatic rings. The predicted molar refractivity (Wildman–Crippen MR) is 81.6 cm³/mol. The molecule has 0 saturated heterocycles. The van der Waals surface area contributed by atoms with Crippen LogP contribution in [0, 0.1) is 6.92 Å². The molecule has 96 valence electrons. The number of nitrogens with zero attached hydrogens (tertiary/aromatic N) is 1. The molecule has 1 aromatic carbocycles. The molecule has 0 bridgehead atoms. The third-order valence-corrected chi connectivity index (χ3v) is 3.81. The highest BCUT2D eigenvalue weighted by atomic mass is 79.9. The van der Waals surface area contributed by atoms with Gasteiger partial charge >= 0.3 is 0 Å². The van der Waals surface area contributed by atoms with Crippen LogP contribution in [0.15, 0.2) is 28.1 Å². The first-order valence-electron chi connectivity index (χ1n) is 5.78. The quantitative estimate of drug-likeness (QED) is 0.897. The van der Waals surface area contributed by atoms with E-state index in [1.807, 2.05) is 19.1 Å². The number of thiazole rings is 1. The lowest BCUT2D eigenvalue weighted by Crippen LogP contribution is -2.17. The molecule has 0 spiro atoms. The number of halogens is 1. The second-order valence-corrected chi connectivity index (χ2v) is 6.18. The molecule has 3 N–H and O–H groups in total. The number of aromatic nitrogens is 1. The lowest BCUT2D eigenvalue weighted by molar-refractivity contribution is 0.726. The Bertz CT molecular complexity index is 537. The van der Waals surface area contributed by atoms with Gasteiger partial charge in [0.25, 0.3) is 0 Å². The fraction of sp³-hybridized carbons (Fsp3) is 0.308. The molecule has 1 heterocycles. The number of hydrogen-bond acceptors (Lipinski definition) is 4. The van der Waals surface area contributed by atoms with E-state index < -0.39 is 0 Å². The summed E-state index contributed by atoms with van der Waals surface area (Å²) in [5.74, 6) is 0. The van der Waals surface area contributed by atoms with Gasteiger partial charge in [-0.1, -0.05) is 15.9 Å². The number of nitrogens with two attached hydrogens (primary N) is 1. The fourth-order valence-corrected chi connectivity index (χ4v) is 2.88. The number of hydrogen-bond donors (Lipinski definition) is 2. The van der Waals surface area contributed by atoms with Crippen LogP contribution in [0.1, 0.15) is 18.2 Å². The van der Waals surface area contributed by atoms with Gasteiger partial charge in [-0.25, -0.2) is 4.98 Å². The van der Waals surface area contributed by atoms with E-state index in [2.05, 4.69) is 44.6 Å². The van der Waals surface area contributed by atoms with Crippen LogP contribution in [-0.4, -0.2) is 11.0 Å². The summed E-state index contributed by atoms with van der Waals surface area (Å²) in [7, 11) is 0. The second-order valence-electron chi connectivity index (χ2n) is 4.41. The first-order valence-corrected chi connectivity index (χ1v) is 7.45. The Kier molecular flexibility index (Phi) is 4.37. The van der Waals surface area contributed by atoms with Crippen molar-refractivity contribution in [3.63, 3.8) is 0 Å². The Balaban J connectivity index is 2.11. The third-order valence-electron chi connectivity index (χ3n) is 2.51. The maximum atomic E-state index is 5.77. The highest BCUT2D eigenvalue weighted by molar-refractivity contribution is 9.10. The molecule has 0 amide bonds. The van der Waals surface area contributed by atoms with Crippen molar-refractivity contribution in [3.8, 4) is 0 Å². The van der Waals surface area contributed by atoms with Crippen LogP contribution < -0.4 is 11.1 Å². The molecule has 5 heteroatoms. The van der Waals surface area contributed by atoms with Crippen molar-refractivity contribution < 1.29 is 0 Å². The van der Waals surface area contributed by atoms with Gasteiger partial charge in [-0.2, -0.15) is 0 Å². The molecular weight excluding hydrogens is 310 g/mol. The minimum Gasteiger partial charge on any atom is -0.331 e. The standard InChI is InChI=1S/C13H16BrN3S/c1-8-5-10(14)3-4-12(8)17-13-16-11(7-18-13)6-9(2)15/h3-5,7,9H,6,15H2,1-2H3,(H,16,17). The smallest absolute Gasteiger partial charge is 0.187 e. The van der Waals surface area contributed by atoms with Gasteiger partial charge in [-0.3, -0.25) is 0 Å². The average molecular weight is 326 g/mol. The lowest BCUT2D eigenvalue weighted by Gasteiger charge is -2.06. The molecule has 0 aliphatic heterocycles. The minimum atomic E-state index is 0.148. The molecule has 2 rings (SSSR count). The summed E-state index contributed by atoms with van der Waals surface area (Å²) >= 11 is 5.07. The molecule has 0 fully saturated rings. The van der Waals surface area contributed by atoms with Gasteiger partial charge in [-0.15, -0.1) is 11.3 Å². The van der Waals surface area contributed by atoms with Gasteiger partial charge < -0.3 is 11.1 Å². The molecule has 0 radical (unpaired) electrons. The summed E-state index contributed by atoms with van der Waals surface area (Å²) in [6.07, 6.45) is 0.817. The highest BCUT2D eigenvalue weighted by Crippen LogP contribution is 2.26. The monoisotopic (exact) mass is 325 g/mol. The van der Waals surface area contributed by atoms with Crippen LogP contribution in [0.4, 0.5) is 10.8 Å². The van der Waals surface area contributed by atoms with Gasteiger partial charge in [0.05, 0.1) is 5.69 Å². The average Bonchev–Trinajstić information content (AvgIpc) is 2.69. The third kappa shape index (κ3) is 3.54. The van der Waals surface area contributed by atoms with Crippen molar-refractivity contribution in [2.75, 3.05) is 5.32 Å². The molecule has 0 aliphatic carbocycles. The summed E-state index contributed by atoms with van der Waals surface area (Å²) in [6, 6.07) is 6.30. The van der Waals surface area contributed by atoms with Crippen molar-refractivity contribution in [1.29, 1.82) is 0 Å². The Labute approximate surface area is 120 Å². The van der Waals surface area contributed by atoms with Gasteiger partial charge in [0, 0.05) is 28.0 Å². The van der Waals surface area contributed by atoms with Crippen molar-refractivity contribution in [2.45, 2.75) is 26.3 Å². The zero-order valence-electron chi connectivity index (χ0n) is 10.4. The number of benzene rings is 1. The summed E-state index contributed by atoms with van der Waals surface area (Å²) in [6.45, 7) is 4.06. The van der Waals surface area contributed by atoms with Gasteiger partial charge in [0.15, 0.2) is 5.13 Å². The summed E-state index contributed by atoms with van der Waals surface area (Å²) in [5.41, 5.74) is 9.09. The Morgan fingerprint density at radius 2 is 2.28 bits per heavy atom. The van der Waals surface area contributed by atoms with E-state index in [4.69, 9.17) is 5.73 Å². The summed E-state index contributed by atoms with van der Waals surface area (Å²) in [4.78, 5) is 4.52. The van der Waals surface area contributed by atoms with Crippen molar-refractivity contribution >= 4 is 38.1 Å². The van der Waals surface area contributed by atoms with Crippen LogP contribution in [0.2, 0.25) is 0 Å². The molecule has 1 unspecified atom stereocenters. The molecule has 0 aliphatic rings. The summed E-state index contributed by atoms with van der Waals surface area (Å²) in [5, 5.41) is 6.31. The largest absolute Gasteiger partial charge is 0.331 e. The maximum absolute atomic E-state index is 5.77. The van der Waals surface area contributed by atoms with Gasteiger partial charge in [0.2, 0.25) is 0 Å². The lowest BCUT2D eigenvalue weighted by atomic mass is 10.2. The van der Waals surface area contributed by atoms with Crippen LogP contribution in [-0.2, 0) is 6.42 Å². The highest BCUT2D eigenvalue weighted by Gasteiger charge is 2.06. The zero-order valence-corrected chi connectivity index (χ0v) is 12.8. The zero-order chi connectivity index (χ0) is 13.1. The molecule has 0 saturated carbocycles. The van der Waals surface area contributed by atoms with Crippen LogP contribution >= 0.6 is 27.3 Å². The van der Waals surface area contributed by atoms with E-state index in [0.717, 1.165) is 27.4 Å². The molecular formula is C13H16BrN3S. The number of rotatable bonds is 4. The molecule has 1 aromatic heterocycles. The Morgan fingerprint density at radius 1 is 1.50 bits per heavy atom. The molecule has 18 heavy (non-hydrogen) atoms. The first-order chi connectivity index (χ1) is 8.54. The predicted octanol–water partition coefficient (Wildman–Crippen LogP) is 3.85. The van der Waals surface area contributed by atoms with E-state index in [1.54, 1.807) is 11.3 Å². The van der Waals surface area contributed by atoms with Crippen LogP contribution in [0.5, 0.6) is 0 Å². The normalized spacial score (nSPS) is 12.4. The minimum absolute atomic E-state index is 0.148. The van der Waals surface area contributed by atoms with E-state index in [1.165, 1.54) is 5.56 Å². The van der Waals surface area contributed by atoms with Crippen LogP contribution in [0.3, 0.4) is 0 Å².